The van der Waals surface area contributed by atoms with Crippen LogP contribution in [0, 0.1) is 0 Å². The van der Waals surface area contributed by atoms with Crippen molar-refractivity contribution in [3.8, 4) is 22.9 Å². The summed E-state index contributed by atoms with van der Waals surface area (Å²) in [6.07, 6.45) is 5.84. The summed E-state index contributed by atoms with van der Waals surface area (Å²) in [6, 6.07) is 12.3. The molecule has 4 heterocycles. The van der Waals surface area contributed by atoms with Crippen LogP contribution in [0.4, 0.5) is 0 Å². The highest BCUT2D eigenvalue weighted by molar-refractivity contribution is 7.90. The summed E-state index contributed by atoms with van der Waals surface area (Å²) in [4.78, 5) is 26.0. The SMILES string of the molecule is CC(=O)N1CCCC1c1cc2[nH]c(-c3cc(CO)ccn3)cc2cc1Oc1ccc(S(C)(=O)=O)nc1. The Morgan fingerprint density at radius 1 is 1.19 bits per heavy atom. The summed E-state index contributed by atoms with van der Waals surface area (Å²) in [5.41, 5.74) is 3.97. The van der Waals surface area contributed by atoms with E-state index in [9.17, 15) is 18.3 Å². The second-order valence-corrected chi connectivity index (χ2v) is 10.9. The Morgan fingerprint density at radius 3 is 2.72 bits per heavy atom. The lowest BCUT2D eigenvalue weighted by Crippen LogP contribution is -2.28. The number of likely N-dealkylation sites (tertiary alicyclic amines) is 1. The molecule has 0 radical (unpaired) electrons. The van der Waals surface area contributed by atoms with E-state index in [1.807, 2.05) is 29.2 Å². The fourth-order valence-electron chi connectivity index (χ4n) is 4.62. The molecule has 10 heteroatoms. The van der Waals surface area contributed by atoms with E-state index in [2.05, 4.69) is 15.0 Å². The van der Waals surface area contributed by atoms with Crippen molar-refractivity contribution in [3.05, 3.63) is 66.0 Å². The minimum atomic E-state index is -3.42. The number of aromatic nitrogens is 3. The van der Waals surface area contributed by atoms with Gasteiger partial charge in [0.05, 0.1) is 30.2 Å². The Morgan fingerprint density at radius 2 is 2.03 bits per heavy atom. The summed E-state index contributed by atoms with van der Waals surface area (Å²) < 4.78 is 29.8. The number of amides is 1. The summed E-state index contributed by atoms with van der Waals surface area (Å²) >= 11 is 0. The van der Waals surface area contributed by atoms with Gasteiger partial charge in [-0.2, -0.15) is 0 Å². The number of aliphatic hydroxyl groups excluding tert-OH is 1. The molecule has 5 rings (SSSR count). The van der Waals surface area contributed by atoms with Gasteiger partial charge in [-0.15, -0.1) is 0 Å². The summed E-state index contributed by atoms with van der Waals surface area (Å²) in [7, 11) is -3.42. The van der Waals surface area contributed by atoms with Gasteiger partial charge in [0.25, 0.3) is 0 Å². The van der Waals surface area contributed by atoms with Crippen LogP contribution in [0.3, 0.4) is 0 Å². The molecule has 1 aromatic carbocycles. The number of nitrogens with zero attached hydrogens (tertiary/aromatic N) is 3. The topological polar surface area (TPSA) is 125 Å². The quantitative estimate of drug-likeness (QED) is 0.405. The Kier molecular flexibility index (Phi) is 6.23. The van der Waals surface area contributed by atoms with Gasteiger partial charge in [0.1, 0.15) is 11.5 Å². The molecular weight excluding hydrogens is 480 g/mol. The number of fused-ring (bicyclic) bond motifs is 1. The monoisotopic (exact) mass is 506 g/mol. The number of H-pyrrole nitrogens is 1. The van der Waals surface area contributed by atoms with Gasteiger partial charge in [-0.25, -0.2) is 13.4 Å². The number of sulfone groups is 1. The number of carbonyl (C=O) groups excluding carboxylic acids is 1. The van der Waals surface area contributed by atoms with E-state index in [-0.39, 0.29) is 23.6 Å². The number of pyridine rings is 2. The fourth-order valence-corrected chi connectivity index (χ4v) is 5.18. The molecule has 186 valence electrons. The van der Waals surface area contributed by atoms with Crippen molar-refractivity contribution in [1.82, 2.24) is 19.9 Å². The van der Waals surface area contributed by atoms with Crippen LogP contribution in [-0.2, 0) is 21.2 Å². The highest BCUT2D eigenvalue weighted by Crippen LogP contribution is 2.41. The fraction of sp³-hybridized carbons (Fsp3) is 0.269. The van der Waals surface area contributed by atoms with Crippen molar-refractivity contribution in [1.29, 1.82) is 0 Å². The summed E-state index contributed by atoms with van der Waals surface area (Å²) in [5, 5.41) is 10.3. The van der Waals surface area contributed by atoms with E-state index in [1.54, 1.807) is 25.3 Å². The number of aromatic amines is 1. The van der Waals surface area contributed by atoms with Gasteiger partial charge in [0.15, 0.2) is 14.9 Å². The van der Waals surface area contributed by atoms with Crippen molar-refractivity contribution in [2.75, 3.05) is 12.8 Å². The number of aliphatic hydroxyl groups is 1. The maximum absolute atomic E-state index is 12.3. The molecule has 3 aromatic heterocycles. The lowest BCUT2D eigenvalue weighted by atomic mass is 10.0. The normalized spacial score (nSPS) is 16.0. The van der Waals surface area contributed by atoms with Crippen molar-refractivity contribution in [2.45, 2.75) is 37.4 Å². The molecular formula is C26H26N4O5S. The van der Waals surface area contributed by atoms with Gasteiger partial charge >= 0.3 is 0 Å². The van der Waals surface area contributed by atoms with Crippen LogP contribution in [0.15, 0.2) is 59.9 Å². The van der Waals surface area contributed by atoms with Gasteiger partial charge in [0.2, 0.25) is 5.91 Å². The van der Waals surface area contributed by atoms with Crippen molar-refractivity contribution < 1.29 is 23.1 Å². The minimum absolute atomic E-state index is 0.0000814. The van der Waals surface area contributed by atoms with E-state index >= 15 is 0 Å². The first-order valence-electron chi connectivity index (χ1n) is 11.6. The molecule has 0 spiro atoms. The number of hydrogen-bond acceptors (Lipinski definition) is 7. The molecule has 1 saturated heterocycles. The van der Waals surface area contributed by atoms with Gasteiger partial charge < -0.3 is 19.7 Å². The van der Waals surface area contributed by atoms with E-state index in [1.165, 1.54) is 12.3 Å². The number of hydrogen-bond donors (Lipinski definition) is 2. The molecule has 0 aliphatic carbocycles. The average Bonchev–Trinajstić information content (AvgIpc) is 3.50. The van der Waals surface area contributed by atoms with Gasteiger partial charge in [-0.05, 0) is 60.9 Å². The molecule has 0 bridgehead atoms. The second-order valence-electron chi connectivity index (χ2n) is 8.94. The third kappa shape index (κ3) is 4.69. The van der Waals surface area contributed by atoms with E-state index in [0.717, 1.165) is 46.8 Å². The first-order valence-corrected chi connectivity index (χ1v) is 13.5. The van der Waals surface area contributed by atoms with E-state index in [4.69, 9.17) is 4.74 Å². The lowest BCUT2D eigenvalue weighted by molar-refractivity contribution is -0.129. The second kappa shape index (κ2) is 9.36. The van der Waals surface area contributed by atoms with Crippen molar-refractivity contribution in [2.24, 2.45) is 0 Å². The van der Waals surface area contributed by atoms with Crippen molar-refractivity contribution >= 4 is 26.6 Å². The number of benzene rings is 1. The Bertz CT molecular complexity index is 1550. The largest absolute Gasteiger partial charge is 0.455 e. The van der Waals surface area contributed by atoms with Crippen LogP contribution in [0.2, 0.25) is 0 Å². The number of rotatable bonds is 6. The summed E-state index contributed by atoms with van der Waals surface area (Å²) in [6.45, 7) is 2.17. The molecule has 1 aliphatic heterocycles. The zero-order valence-electron chi connectivity index (χ0n) is 19.9. The molecule has 0 saturated carbocycles. The van der Waals surface area contributed by atoms with E-state index in [0.29, 0.717) is 23.7 Å². The molecule has 36 heavy (non-hydrogen) atoms. The molecule has 1 atom stereocenters. The maximum Gasteiger partial charge on any atom is 0.219 e. The first-order chi connectivity index (χ1) is 17.2. The molecule has 9 nitrogen and oxygen atoms in total. The average molecular weight is 507 g/mol. The third-order valence-electron chi connectivity index (χ3n) is 6.37. The Labute approximate surface area is 208 Å². The summed E-state index contributed by atoms with van der Waals surface area (Å²) in [5.74, 6) is 0.959. The van der Waals surface area contributed by atoms with Crippen LogP contribution in [0.25, 0.3) is 22.3 Å². The Hall–Kier alpha value is -3.76. The van der Waals surface area contributed by atoms with Crippen LogP contribution < -0.4 is 4.74 Å². The standard InChI is InChI=1S/C26H26N4O5S/c1-16(32)30-9-3-4-24(30)20-13-21-18(11-23(29-21)22-10-17(15-31)7-8-27-22)12-25(20)35-19-5-6-26(28-14-19)36(2,33)34/h5-8,10-14,24,29,31H,3-4,9,15H2,1-2H3. The van der Waals surface area contributed by atoms with Gasteiger partial charge in [-0.3, -0.25) is 9.78 Å². The highest BCUT2D eigenvalue weighted by Gasteiger charge is 2.31. The van der Waals surface area contributed by atoms with Crippen LogP contribution in [0.5, 0.6) is 11.5 Å². The molecule has 1 amide bonds. The highest BCUT2D eigenvalue weighted by atomic mass is 32.2. The molecule has 2 N–H and O–H groups in total. The molecule has 4 aromatic rings. The maximum atomic E-state index is 12.3. The molecule has 1 fully saturated rings. The minimum Gasteiger partial charge on any atom is -0.455 e. The van der Waals surface area contributed by atoms with Crippen molar-refractivity contribution in [3.63, 3.8) is 0 Å². The van der Waals surface area contributed by atoms with Crippen LogP contribution >= 0.6 is 0 Å². The zero-order valence-corrected chi connectivity index (χ0v) is 20.7. The van der Waals surface area contributed by atoms with E-state index < -0.39 is 9.84 Å². The predicted molar refractivity (Wildman–Crippen MR) is 134 cm³/mol. The van der Waals surface area contributed by atoms with Crippen LogP contribution in [-0.4, -0.2) is 52.1 Å². The number of nitrogens with one attached hydrogen (secondary N) is 1. The van der Waals surface area contributed by atoms with Crippen LogP contribution in [0.1, 0.15) is 36.9 Å². The lowest BCUT2D eigenvalue weighted by Gasteiger charge is -2.25. The smallest absolute Gasteiger partial charge is 0.219 e. The molecule has 1 aliphatic rings. The Balaban J connectivity index is 1.59. The van der Waals surface area contributed by atoms with Gasteiger partial charge in [-0.1, -0.05) is 0 Å². The predicted octanol–water partition coefficient (Wildman–Crippen LogP) is 4.00. The molecule has 1 unspecified atom stereocenters. The third-order valence-corrected chi connectivity index (χ3v) is 7.37. The zero-order chi connectivity index (χ0) is 25.4. The number of carbonyl (C=O) groups is 1. The first kappa shape index (κ1) is 24.0. The van der Waals surface area contributed by atoms with Gasteiger partial charge in [0, 0.05) is 42.4 Å². The number of ether oxygens (including phenoxy) is 1.